The van der Waals surface area contributed by atoms with E-state index in [0.717, 1.165) is 5.56 Å². The fraction of sp³-hybridized carbons (Fsp3) is 0.111. The van der Waals surface area contributed by atoms with E-state index in [2.05, 4.69) is 11.4 Å². The van der Waals surface area contributed by atoms with Crippen LogP contribution in [-0.2, 0) is 9.53 Å². The molecule has 1 aromatic rings. The van der Waals surface area contributed by atoms with E-state index in [1.807, 2.05) is 30.3 Å². The highest BCUT2D eigenvalue weighted by Crippen LogP contribution is 2.20. The number of benzene rings is 1. The third-order valence-electron chi connectivity index (χ3n) is 1.65. The molecule has 12 heavy (non-hydrogen) atoms. The summed E-state index contributed by atoms with van der Waals surface area (Å²) in [5, 5.41) is 0. The maximum Gasteiger partial charge on any atom is 0.132 e. The normalized spacial score (nSPS) is 21.0. The first-order chi connectivity index (χ1) is 5.88. The number of rotatable bonds is 1. The van der Waals surface area contributed by atoms with E-state index in [4.69, 9.17) is 4.74 Å². The molecular weight excluding hydrogens is 154 g/mol. The summed E-state index contributed by atoms with van der Waals surface area (Å²) in [5.41, 5.74) is 0.816. The maximum atomic E-state index is 11.0. The molecule has 0 aliphatic carbocycles. The van der Waals surface area contributed by atoms with Crippen LogP contribution < -0.4 is 0 Å². The van der Waals surface area contributed by atoms with Crippen LogP contribution >= 0.6 is 0 Å². The predicted octanol–water partition coefficient (Wildman–Crippen LogP) is 1.19. The van der Waals surface area contributed by atoms with E-state index in [9.17, 15) is 4.79 Å². The number of ether oxygens (including phenoxy) is 1. The Hall–Kier alpha value is -1.64. The Bertz CT molecular complexity index is 319. The molecule has 0 saturated heterocycles. The Kier molecular flexibility index (Phi) is 1.63. The molecule has 0 bridgehead atoms. The lowest BCUT2D eigenvalue weighted by Gasteiger charge is -2.13. The van der Waals surface area contributed by atoms with Crippen molar-refractivity contribution in [2.24, 2.45) is 4.99 Å². The molecule has 3 nitrogen and oxygen atoms in total. The van der Waals surface area contributed by atoms with Gasteiger partial charge >= 0.3 is 0 Å². The highest BCUT2D eigenvalue weighted by Gasteiger charge is 2.14. The summed E-state index contributed by atoms with van der Waals surface area (Å²) in [6.45, 7) is 0. The van der Waals surface area contributed by atoms with Crippen molar-refractivity contribution in [3.05, 3.63) is 35.9 Å². The second kappa shape index (κ2) is 2.77. The van der Waals surface area contributed by atoms with Crippen LogP contribution in [0.15, 0.2) is 35.3 Å². The third-order valence-corrected chi connectivity index (χ3v) is 1.65. The van der Waals surface area contributed by atoms with Crippen LogP contribution in [-0.4, -0.2) is 12.3 Å². The van der Waals surface area contributed by atoms with Gasteiger partial charge in [-0.3, -0.25) is 0 Å². The van der Waals surface area contributed by atoms with Gasteiger partial charge in [-0.25, -0.2) is 0 Å². The third kappa shape index (κ3) is 1.09. The minimum Gasteiger partial charge on any atom is -0.573 e. The monoisotopic (exact) mass is 160 g/mol. The zero-order chi connectivity index (χ0) is 8.39. The number of amides is 1. The number of carbonyl (C=O) groups excluding carboxylic acids is 1. The number of aliphatic imine (C=N–C) groups is 1. The lowest BCUT2D eigenvalue weighted by Crippen LogP contribution is -2.05. The van der Waals surface area contributed by atoms with Crippen molar-refractivity contribution in [2.75, 3.05) is 0 Å². The summed E-state index contributed by atoms with van der Waals surface area (Å²) < 4.78 is 4.89. The van der Waals surface area contributed by atoms with E-state index in [0.29, 0.717) is 0 Å². The molecule has 0 unspecified atom stereocenters. The summed E-state index contributed by atoms with van der Waals surface area (Å²) in [6, 6.07) is 9.23. The first-order valence-corrected chi connectivity index (χ1v) is 3.58. The van der Waals surface area contributed by atoms with Crippen LogP contribution in [0.4, 0.5) is 0 Å². The molecule has 0 saturated carbocycles. The number of hydrogen-bond donors (Lipinski definition) is 0. The summed E-state index contributed by atoms with van der Waals surface area (Å²) in [4.78, 5) is 14.4. The molecule has 2 rings (SSSR count). The van der Waals surface area contributed by atoms with Gasteiger partial charge in [0.2, 0.25) is 0 Å². The topological polar surface area (TPSA) is 38.7 Å². The summed E-state index contributed by atoms with van der Waals surface area (Å²) >= 11 is 0. The van der Waals surface area contributed by atoms with Gasteiger partial charge in [0.25, 0.3) is 0 Å². The van der Waals surface area contributed by atoms with Gasteiger partial charge in [0.15, 0.2) is 0 Å². The van der Waals surface area contributed by atoms with Crippen LogP contribution in [0.1, 0.15) is 11.7 Å². The highest BCUT2D eigenvalue weighted by molar-refractivity contribution is 5.92. The van der Waals surface area contributed by atoms with Crippen molar-refractivity contribution >= 4 is 12.3 Å². The smallest absolute Gasteiger partial charge is 0.132 e. The molecule has 1 aliphatic rings. The van der Waals surface area contributed by atoms with Crippen LogP contribution in [0, 0.1) is 0 Å². The molecule has 0 fully saturated rings. The molecule has 0 N–H and O–H groups in total. The quantitative estimate of drug-likeness (QED) is 0.579. The second-order valence-electron chi connectivity index (χ2n) is 2.45. The summed E-state index contributed by atoms with van der Waals surface area (Å²) in [5.74, 6) is -0.291. The van der Waals surface area contributed by atoms with Crippen LogP contribution in [0.5, 0.6) is 0 Å². The van der Waals surface area contributed by atoms with Crippen molar-refractivity contribution < 1.29 is 9.53 Å². The molecule has 0 spiro atoms. The van der Waals surface area contributed by atoms with E-state index in [-0.39, 0.29) is 5.91 Å². The van der Waals surface area contributed by atoms with Gasteiger partial charge in [-0.15, -0.1) is 0 Å². The fourth-order valence-electron chi connectivity index (χ4n) is 1.07. The number of carbonyl (C=O) groups is 1. The van der Waals surface area contributed by atoms with Gasteiger partial charge in [-0.2, -0.15) is 0 Å². The van der Waals surface area contributed by atoms with Crippen molar-refractivity contribution in [3.8, 4) is 0 Å². The van der Waals surface area contributed by atoms with Crippen LogP contribution in [0.25, 0.3) is 0 Å². The molecule has 0 aromatic heterocycles. The first-order valence-electron chi connectivity index (χ1n) is 3.58. The molecule has 1 amide bonds. The Morgan fingerprint density at radius 3 is 2.67 bits per heavy atom. The largest absolute Gasteiger partial charge is 0.573 e. The average molecular weight is 160 g/mol. The van der Waals surface area contributed by atoms with Gasteiger partial charge in [0, 0.05) is 6.40 Å². The summed E-state index contributed by atoms with van der Waals surface area (Å²) in [6.07, 6.45) is 1.62. The fourth-order valence-corrected chi connectivity index (χ4v) is 1.07. The van der Waals surface area contributed by atoms with Gasteiger partial charge in [-0.05, 0) is 5.56 Å². The molecule has 0 radical (unpaired) electrons. The Morgan fingerprint density at radius 1 is 1.33 bits per heavy atom. The first kappa shape index (κ1) is 7.03. The second-order valence-corrected chi connectivity index (χ2v) is 2.45. The molecule has 1 atom stereocenters. The predicted molar refractivity (Wildman–Crippen MR) is 42.7 cm³/mol. The molecular formula is C9H6NO2-. The van der Waals surface area contributed by atoms with Crippen LogP contribution in [0.3, 0.4) is 0 Å². The van der Waals surface area contributed by atoms with E-state index < -0.39 is 6.10 Å². The average Bonchev–Trinajstić information content (AvgIpc) is 2.53. The zero-order valence-electron chi connectivity index (χ0n) is 6.23. The van der Waals surface area contributed by atoms with Crippen molar-refractivity contribution in [3.63, 3.8) is 0 Å². The Morgan fingerprint density at radius 2 is 2.08 bits per heavy atom. The lowest BCUT2D eigenvalue weighted by atomic mass is 10.1. The van der Waals surface area contributed by atoms with Gasteiger partial charge in [0.05, 0.1) is 0 Å². The van der Waals surface area contributed by atoms with E-state index in [1.54, 1.807) is 0 Å². The highest BCUT2D eigenvalue weighted by atomic mass is 16.5. The van der Waals surface area contributed by atoms with Crippen molar-refractivity contribution in [2.45, 2.75) is 6.10 Å². The molecule has 1 aliphatic heterocycles. The van der Waals surface area contributed by atoms with E-state index >= 15 is 0 Å². The van der Waals surface area contributed by atoms with Crippen LogP contribution in [0.2, 0.25) is 0 Å². The van der Waals surface area contributed by atoms with Gasteiger partial charge in [-0.1, -0.05) is 30.3 Å². The standard InChI is InChI=1S/C9H6NO2/c11-9-8(12-6-10-9)7-4-2-1-3-5-7/h1-5,8H/q-1/t8-/m0/s1. The minimum absolute atomic E-state index is 0.291. The molecule has 3 heteroatoms. The summed E-state index contributed by atoms with van der Waals surface area (Å²) in [7, 11) is 0. The molecule has 1 aromatic carbocycles. The zero-order valence-corrected chi connectivity index (χ0v) is 6.23. The number of hydrogen-bond acceptors (Lipinski definition) is 2. The SMILES string of the molecule is O=C1N=[C-]O[C@H]1c1ccccc1. The Labute approximate surface area is 69.7 Å². The van der Waals surface area contributed by atoms with Crippen molar-refractivity contribution in [1.29, 1.82) is 0 Å². The van der Waals surface area contributed by atoms with Gasteiger partial charge < -0.3 is 14.5 Å². The molecule has 60 valence electrons. The minimum atomic E-state index is -0.578. The van der Waals surface area contributed by atoms with Crippen molar-refractivity contribution in [1.82, 2.24) is 0 Å². The number of nitrogens with zero attached hydrogens (tertiary/aromatic N) is 1. The maximum absolute atomic E-state index is 11.0. The van der Waals surface area contributed by atoms with Gasteiger partial charge in [0.1, 0.15) is 12.0 Å². The van der Waals surface area contributed by atoms with E-state index in [1.165, 1.54) is 0 Å². The lowest BCUT2D eigenvalue weighted by molar-refractivity contribution is -0.122. The Balaban J connectivity index is 2.27. The molecule has 1 heterocycles.